The van der Waals surface area contributed by atoms with Gasteiger partial charge in [-0.05, 0) is 32.1 Å². The van der Waals surface area contributed by atoms with Crippen LogP contribution in [-0.2, 0) is 0 Å². The molecule has 1 fully saturated rings. The maximum Gasteiger partial charge on any atom is 0.0537 e. The first-order chi connectivity index (χ1) is 7.95. The smallest absolute Gasteiger partial charge is 0.0537 e. The number of hydrogen-bond acceptors (Lipinski definition) is 2. The summed E-state index contributed by atoms with van der Waals surface area (Å²) in [5.74, 6) is 0. The molecular weight excluding hydrogens is 196 g/mol. The van der Waals surface area contributed by atoms with Crippen LogP contribution in [0.2, 0.25) is 0 Å². The van der Waals surface area contributed by atoms with Crippen LogP contribution in [0.1, 0.15) is 51.4 Å². The molecule has 2 heteroatoms. The van der Waals surface area contributed by atoms with E-state index in [9.17, 15) is 0 Å². The standard InChI is InChI=1S/C14H22N2/c1-3-7-13(8-4-1)15-11-12-16-14-9-5-2-6-10-14/h1,3,11-14H,2,4-10H2. The number of hydrogen-bond donors (Lipinski definition) is 0. The van der Waals surface area contributed by atoms with E-state index in [-0.39, 0.29) is 0 Å². The van der Waals surface area contributed by atoms with Crippen LogP contribution in [0.4, 0.5) is 0 Å². The fourth-order valence-electron chi connectivity index (χ4n) is 2.46. The molecule has 0 bridgehead atoms. The van der Waals surface area contributed by atoms with Crippen molar-refractivity contribution in [3.63, 3.8) is 0 Å². The van der Waals surface area contributed by atoms with Crippen LogP contribution >= 0.6 is 0 Å². The third-order valence-corrected chi connectivity index (χ3v) is 3.48. The molecule has 1 saturated carbocycles. The van der Waals surface area contributed by atoms with Crippen molar-refractivity contribution in [3.8, 4) is 0 Å². The predicted molar refractivity (Wildman–Crippen MR) is 70.6 cm³/mol. The third-order valence-electron chi connectivity index (χ3n) is 3.48. The van der Waals surface area contributed by atoms with E-state index < -0.39 is 0 Å². The van der Waals surface area contributed by atoms with Crippen LogP contribution in [0.3, 0.4) is 0 Å². The van der Waals surface area contributed by atoms with Crippen molar-refractivity contribution >= 4 is 12.4 Å². The van der Waals surface area contributed by atoms with Crippen molar-refractivity contribution in [2.75, 3.05) is 0 Å². The van der Waals surface area contributed by atoms with Crippen molar-refractivity contribution < 1.29 is 0 Å². The molecule has 0 spiro atoms. The van der Waals surface area contributed by atoms with Gasteiger partial charge in [0.1, 0.15) is 0 Å². The Morgan fingerprint density at radius 3 is 2.25 bits per heavy atom. The number of allylic oxidation sites excluding steroid dienone is 1. The van der Waals surface area contributed by atoms with Crippen molar-refractivity contribution in [3.05, 3.63) is 12.2 Å². The van der Waals surface area contributed by atoms with E-state index in [0.717, 1.165) is 6.42 Å². The van der Waals surface area contributed by atoms with E-state index in [1.54, 1.807) is 0 Å². The zero-order valence-corrected chi connectivity index (χ0v) is 10.0. The highest BCUT2D eigenvalue weighted by Crippen LogP contribution is 2.19. The summed E-state index contributed by atoms with van der Waals surface area (Å²) in [6.45, 7) is 0. The van der Waals surface area contributed by atoms with Crippen LogP contribution in [0.5, 0.6) is 0 Å². The Hall–Kier alpha value is -0.920. The molecule has 88 valence electrons. The van der Waals surface area contributed by atoms with E-state index in [1.807, 2.05) is 12.4 Å². The summed E-state index contributed by atoms with van der Waals surface area (Å²) < 4.78 is 0. The molecule has 2 aliphatic carbocycles. The maximum atomic E-state index is 4.58. The molecule has 2 nitrogen and oxygen atoms in total. The van der Waals surface area contributed by atoms with Gasteiger partial charge in [0.15, 0.2) is 0 Å². The first kappa shape index (κ1) is 11.6. The van der Waals surface area contributed by atoms with Crippen molar-refractivity contribution in [2.24, 2.45) is 9.98 Å². The molecule has 0 aromatic rings. The minimum absolute atomic E-state index is 0.503. The van der Waals surface area contributed by atoms with Gasteiger partial charge < -0.3 is 0 Å². The average molecular weight is 218 g/mol. The SMILES string of the molecule is C1=CCC(N=CC=NC2CCCCC2)CC1. The second-order valence-electron chi connectivity index (χ2n) is 4.83. The number of nitrogens with zero attached hydrogens (tertiary/aromatic N) is 2. The topological polar surface area (TPSA) is 24.7 Å². The second kappa shape index (κ2) is 6.62. The van der Waals surface area contributed by atoms with Gasteiger partial charge in [-0.1, -0.05) is 31.4 Å². The van der Waals surface area contributed by atoms with Gasteiger partial charge in [-0.15, -0.1) is 0 Å². The van der Waals surface area contributed by atoms with Crippen LogP contribution in [0.15, 0.2) is 22.1 Å². The highest BCUT2D eigenvalue weighted by molar-refractivity contribution is 6.16. The fraction of sp³-hybridized carbons (Fsp3) is 0.714. The van der Waals surface area contributed by atoms with E-state index in [1.165, 1.54) is 44.9 Å². The summed E-state index contributed by atoms with van der Waals surface area (Å²) in [5, 5.41) is 0. The lowest BCUT2D eigenvalue weighted by Gasteiger charge is -2.16. The van der Waals surface area contributed by atoms with Gasteiger partial charge in [0, 0.05) is 18.5 Å². The molecule has 0 aromatic heterocycles. The van der Waals surface area contributed by atoms with Gasteiger partial charge >= 0.3 is 0 Å². The Balaban J connectivity index is 1.70. The minimum atomic E-state index is 0.503. The van der Waals surface area contributed by atoms with E-state index >= 15 is 0 Å². The third kappa shape index (κ3) is 3.92. The Labute approximate surface area is 98.6 Å². The molecule has 1 unspecified atom stereocenters. The highest BCUT2D eigenvalue weighted by atomic mass is 14.8. The van der Waals surface area contributed by atoms with Gasteiger partial charge in [-0.25, -0.2) is 0 Å². The van der Waals surface area contributed by atoms with E-state index in [4.69, 9.17) is 0 Å². The van der Waals surface area contributed by atoms with Gasteiger partial charge in [0.2, 0.25) is 0 Å². The molecule has 0 N–H and O–H groups in total. The molecule has 0 aliphatic heterocycles. The Bertz CT molecular complexity index is 272. The maximum absolute atomic E-state index is 4.58. The molecular formula is C14H22N2. The molecule has 0 heterocycles. The lowest BCUT2D eigenvalue weighted by atomic mass is 9.96. The molecule has 1 atom stereocenters. The Morgan fingerprint density at radius 1 is 0.812 bits per heavy atom. The first-order valence-corrected chi connectivity index (χ1v) is 6.65. The summed E-state index contributed by atoms with van der Waals surface area (Å²) in [6.07, 6.45) is 18.5. The van der Waals surface area contributed by atoms with Crippen molar-refractivity contribution in [1.82, 2.24) is 0 Å². The predicted octanol–water partition coefficient (Wildman–Crippen LogP) is 3.57. The summed E-state index contributed by atoms with van der Waals surface area (Å²) in [5.41, 5.74) is 0. The monoisotopic (exact) mass is 218 g/mol. The van der Waals surface area contributed by atoms with Crippen LogP contribution in [0.25, 0.3) is 0 Å². The average Bonchev–Trinajstić information content (AvgIpc) is 2.37. The molecule has 0 radical (unpaired) electrons. The lowest BCUT2D eigenvalue weighted by Crippen LogP contribution is -2.10. The number of rotatable bonds is 3. The lowest BCUT2D eigenvalue weighted by molar-refractivity contribution is 0.444. The van der Waals surface area contributed by atoms with Crippen LogP contribution < -0.4 is 0 Å². The minimum Gasteiger partial charge on any atom is -0.288 e. The fourth-order valence-corrected chi connectivity index (χ4v) is 2.46. The summed E-state index contributed by atoms with van der Waals surface area (Å²) in [4.78, 5) is 9.12. The molecule has 0 amide bonds. The van der Waals surface area contributed by atoms with Gasteiger partial charge in [-0.3, -0.25) is 9.98 Å². The molecule has 2 aliphatic rings. The molecule has 0 saturated heterocycles. The normalized spacial score (nSPS) is 28.1. The number of aliphatic imine (C=N–C) groups is 2. The van der Waals surface area contributed by atoms with Crippen LogP contribution in [0, 0.1) is 0 Å². The quantitative estimate of drug-likeness (QED) is 0.511. The molecule has 16 heavy (non-hydrogen) atoms. The van der Waals surface area contributed by atoms with E-state index in [2.05, 4.69) is 22.1 Å². The Morgan fingerprint density at radius 2 is 1.56 bits per heavy atom. The molecule has 0 aromatic carbocycles. The first-order valence-electron chi connectivity index (χ1n) is 6.65. The van der Waals surface area contributed by atoms with Gasteiger partial charge in [0.05, 0.1) is 6.04 Å². The van der Waals surface area contributed by atoms with E-state index in [0.29, 0.717) is 12.1 Å². The second-order valence-corrected chi connectivity index (χ2v) is 4.83. The summed E-state index contributed by atoms with van der Waals surface area (Å²) in [6, 6.07) is 1.08. The van der Waals surface area contributed by atoms with Gasteiger partial charge in [0.25, 0.3) is 0 Å². The largest absolute Gasteiger partial charge is 0.288 e. The Kier molecular flexibility index (Phi) is 4.78. The highest BCUT2D eigenvalue weighted by Gasteiger charge is 2.10. The van der Waals surface area contributed by atoms with Gasteiger partial charge in [-0.2, -0.15) is 0 Å². The van der Waals surface area contributed by atoms with Crippen LogP contribution in [-0.4, -0.2) is 24.5 Å². The van der Waals surface area contributed by atoms with Crippen molar-refractivity contribution in [1.29, 1.82) is 0 Å². The zero-order chi connectivity index (χ0) is 11.1. The molecule has 2 rings (SSSR count). The summed E-state index contributed by atoms with van der Waals surface area (Å²) in [7, 11) is 0. The summed E-state index contributed by atoms with van der Waals surface area (Å²) >= 11 is 0. The zero-order valence-electron chi connectivity index (χ0n) is 10.0. The van der Waals surface area contributed by atoms with Crippen molar-refractivity contribution in [2.45, 2.75) is 63.5 Å².